The summed E-state index contributed by atoms with van der Waals surface area (Å²) < 4.78 is 1.94. The Bertz CT molecular complexity index is 776. The first-order valence-electron chi connectivity index (χ1n) is 6.21. The lowest BCUT2D eigenvalue weighted by Crippen LogP contribution is -2.05. The molecule has 0 aliphatic carbocycles. The van der Waals surface area contributed by atoms with Crippen molar-refractivity contribution >= 4 is 23.0 Å². The highest BCUT2D eigenvalue weighted by atomic mass is 32.1. The lowest BCUT2D eigenvalue weighted by Gasteiger charge is -2.01. The van der Waals surface area contributed by atoms with Crippen LogP contribution in [0, 0.1) is 6.92 Å². The van der Waals surface area contributed by atoms with Gasteiger partial charge in [0.1, 0.15) is 5.65 Å². The number of rotatable bonds is 4. The Balaban J connectivity index is 2.08. The Morgan fingerprint density at radius 3 is 2.95 bits per heavy atom. The number of hydrogen-bond donors (Lipinski definition) is 1. The molecule has 0 spiro atoms. The Morgan fingerprint density at radius 2 is 2.25 bits per heavy atom. The molecule has 1 N–H and O–H groups in total. The molecule has 3 aromatic heterocycles. The van der Waals surface area contributed by atoms with Gasteiger partial charge in [0.2, 0.25) is 0 Å². The summed E-state index contributed by atoms with van der Waals surface area (Å²) in [6.07, 6.45) is 2.44. The van der Waals surface area contributed by atoms with Crippen LogP contribution in [0.15, 0.2) is 29.8 Å². The zero-order valence-corrected chi connectivity index (χ0v) is 11.7. The molecule has 3 aromatic rings. The van der Waals surface area contributed by atoms with Gasteiger partial charge in [0.05, 0.1) is 22.8 Å². The largest absolute Gasteiger partial charge is 0.481 e. The van der Waals surface area contributed by atoms with Crippen molar-refractivity contribution in [2.24, 2.45) is 0 Å². The molecule has 0 saturated carbocycles. The monoisotopic (exact) mass is 287 g/mol. The van der Waals surface area contributed by atoms with Crippen molar-refractivity contribution in [1.82, 2.24) is 14.4 Å². The van der Waals surface area contributed by atoms with Crippen LogP contribution in [0.1, 0.15) is 22.1 Å². The number of imidazole rings is 1. The number of carbonyl (C=O) groups is 1. The maximum Gasteiger partial charge on any atom is 0.309 e. The fourth-order valence-corrected chi connectivity index (χ4v) is 2.97. The minimum atomic E-state index is -0.870. The minimum Gasteiger partial charge on any atom is -0.481 e. The fraction of sp³-hybridized carbons (Fsp3) is 0.214. The van der Waals surface area contributed by atoms with Crippen molar-refractivity contribution in [2.45, 2.75) is 19.8 Å². The molecule has 0 aliphatic heterocycles. The molecule has 3 heterocycles. The number of fused-ring (bicyclic) bond motifs is 1. The van der Waals surface area contributed by atoms with Crippen LogP contribution in [0.2, 0.25) is 0 Å². The van der Waals surface area contributed by atoms with Crippen LogP contribution in [0.5, 0.6) is 0 Å². The predicted molar refractivity (Wildman–Crippen MR) is 76.2 cm³/mol. The third-order valence-corrected chi connectivity index (χ3v) is 3.98. The van der Waals surface area contributed by atoms with Crippen LogP contribution in [-0.4, -0.2) is 25.4 Å². The molecule has 0 atom stereocenters. The van der Waals surface area contributed by atoms with Gasteiger partial charge in [-0.05, 0) is 19.1 Å². The van der Waals surface area contributed by atoms with E-state index in [-0.39, 0.29) is 6.42 Å². The highest BCUT2D eigenvalue weighted by molar-refractivity contribution is 7.09. The second-order valence-corrected chi connectivity index (χ2v) is 5.51. The lowest BCUT2D eigenvalue weighted by molar-refractivity contribution is -0.136. The molecule has 20 heavy (non-hydrogen) atoms. The molecule has 0 aromatic carbocycles. The number of carboxylic acids is 1. The number of nitrogens with zero attached hydrogens (tertiary/aromatic N) is 3. The van der Waals surface area contributed by atoms with Crippen molar-refractivity contribution in [3.05, 3.63) is 51.9 Å². The summed E-state index contributed by atoms with van der Waals surface area (Å²) in [7, 11) is 0. The number of aryl methyl sites for hydroxylation is 1. The van der Waals surface area contributed by atoms with Gasteiger partial charge in [0.15, 0.2) is 0 Å². The molecule has 3 rings (SSSR count). The van der Waals surface area contributed by atoms with E-state index in [1.165, 1.54) is 0 Å². The third kappa shape index (κ3) is 2.42. The van der Waals surface area contributed by atoms with E-state index in [2.05, 4.69) is 9.97 Å². The van der Waals surface area contributed by atoms with Crippen molar-refractivity contribution in [2.75, 3.05) is 0 Å². The fourth-order valence-electron chi connectivity index (χ4n) is 2.19. The molecule has 0 amide bonds. The van der Waals surface area contributed by atoms with Gasteiger partial charge in [-0.25, -0.2) is 9.97 Å². The first-order valence-corrected chi connectivity index (χ1v) is 7.09. The number of hydrogen-bond acceptors (Lipinski definition) is 4. The summed E-state index contributed by atoms with van der Waals surface area (Å²) in [6, 6.07) is 5.68. The second-order valence-electron chi connectivity index (χ2n) is 4.56. The SMILES string of the molecule is Cc1csc(Cc2c(CC(=O)O)nc3ccccn23)n1. The summed E-state index contributed by atoms with van der Waals surface area (Å²) in [5.41, 5.74) is 3.26. The Morgan fingerprint density at radius 1 is 1.40 bits per heavy atom. The highest BCUT2D eigenvalue weighted by Gasteiger charge is 2.16. The molecule has 0 aliphatic rings. The van der Waals surface area contributed by atoms with Crippen LogP contribution >= 0.6 is 11.3 Å². The van der Waals surface area contributed by atoms with Gasteiger partial charge in [-0.3, -0.25) is 4.79 Å². The predicted octanol–water partition coefficient (Wildman–Crippen LogP) is 2.32. The molecule has 5 nitrogen and oxygen atoms in total. The Labute approximate surface area is 119 Å². The molecule has 0 unspecified atom stereocenters. The molecule has 102 valence electrons. The molecule has 0 radical (unpaired) electrons. The van der Waals surface area contributed by atoms with Crippen molar-refractivity contribution in [3.8, 4) is 0 Å². The Kier molecular flexibility index (Phi) is 3.23. The normalized spacial score (nSPS) is 11.1. The smallest absolute Gasteiger partial charge is 0.309 e. The van der Waals surface area contributed by atoms with Crippen LogP contribution in [0.3, 0.4) is 0 Å². The first kappa shape index (κ1) is 12.8. The standard InChI is InChI=1S/C14H13N3O2S/c1-9-8-20-13(15-9)7-11-10(6-14(18)19)16-12-4-2-3-5-17(11)12/h2-5,8H,6-7H2,1H3,(H,18,19). The molecular weight excluding hydrogens is 274 g/mol. The first-order chi connectivity index (χ1) is 9.63. The second kappa shape index (κ2) is 5.05. The summed E-state index contributed by atoms with van der Waals surface area (Å²) >= 11 is 1.58. The maximum atomic E-state index is 11.0. The van der Waals surface area contributed by atoms with Gasteiger partial charge in [0, 0.05) is 23.7 Å². The van der Waals surface area contributed by atoms with E-state index >= 15 is 0 Å². The number of thiazole rings is 1. The van der Waals surface area contributed by atoms with Gasteiger partial charge in [-0.15, -0.1) is 11.3 Å². The Hall–Kier alpha value is -2.21. The van der Waals surface area contributed by atoms with E-state index in [4.69, 9.17) is 5.11 Å². The van der Waals surface area contributed by atoms with Crippen LogP contribution < -0.4 is 0 Å². The summed E-state index contributed by atoms with van der Waals surface area (Å²) in [5, 5.41) is 12.0. The van der Waals surface area contributed by atoms with Gasteiger partial charge < -0.3 is 9.51 Å². The molecule has 0 fully saturated rings. The quantitative estimate of drug-likeness (QED) is 0.799. The zero-order chi connectivity index (χ0) is 14.1. The van der Waals surface area contributed by atoms with Gasteiger partial charge in [-0.2, -0.15) is 0 Å². The molecule has 0 bridgehead atoms. The highest BCUT2D eigenvalue weighted by Crippen LogP contribution is 2.19. The number of pyridine rings is 1. The number of aliphatic carboxylic acids is 1. The summed E-state index contributed by atoms with van der Waals surface area (Å²) in [4.78, 5) is 19.8. The van der Waals surface area contributed by atoms with Crippen LogP contribution in [0.25, 0.3) is 5.65 Å². The molecule has 6 heteroatoms. The number of carboxylic acid groups (broad SMARTS) is 1. The van der Waals surface area contributed by atoms with E-state index in [0.29, 0.717) is 12.1 Å². The minimum absolute atomic E-state index is 0.0681. The zero-order valence-electron chi connectivity index (χ0n) is 10.9. The van der Waals surface area contributed by atoms with E-state index in [0.717, 1.165) is 22.0 Å². The van der Waals surface area contributed by atoms with Gasteiger partial charge in [-0.1, -0.05) is 6.07 Å². The number of aromatic nitrogens is 3. The van der Waals surface area contributed by atoms with E-state index in [9.17, 15) is 4.79 Å². The van der Waals surface area contributed by atoms with Crippen molar-refractivity contribution in [3.63, 3.8) is 0 Å². The average Bonchev–Trinajstić information content (AvgIpc) is 2.95. The molecule has 0 saturated heterocycles. The van der Waals surface area contributed by atoms with E-state index in [1.807, 2.05) is 41.1 Å². The lowest BCUT2D eigenvalue weighted by atomic mass is 10.2. The maximum absolute atomic E-state index is 11.0. The topological polar surface area (TPSA) is 67.5 Å². The van der Waals surface area contributed by atoms with Crippen molar-refractivity contribution in [1.29, 1.82) is 0 Å². The van der Waals surface area contributed by atoms with Crippen LogP contribution in [-0.2, 0) is 17.6 Å². The van der Waals surface area contributed by atoms with E-state index in [1.54, 1.807) is 11.3 Å². The summed E-state index contributed by atoms with van der Waals surface area (Å²) in [5.74, 6) is -0.870. The van der Waals surface area contributed by atoms with E-state index < -0.39 is 5.97 Å². The molecular formula is C14H13N3O2S. The van der Waals surface area contributed by atoms with Crippen LogP contribution in [0.4, 0.5) is 0 Å². The van der Waals surface area contributed by atoms with Gasteiger partial charge >= 0.3 is 5.97 Å². The third-order valence-electron chi connectivity index (χ3n) is 3.02. The van der Waals surface area contributed by atoms with Gasteiger partial charge in [0.25, 0.3) is 0 Å². The average molecular weight is 287 g/mol. The van der Waals surface area contributed by atoms with Crippen molar-refractivity contribution < 1.29 is 9.90 Å². The summed E-state index contributed by atoms with van der Waals surface area (Å²) in [6.45, 7) is 1.95.